The molecule has 3 rings (SSSR count). The third-order valence-corrected chi connectivity index (χ3v) is 7.93. The molecule has 0 saturated carbocycles. The van der Waals surface area contributed by atoms with Gasteiger partial charge < -0.3 is 51.8 Å². The number of hydrogen-bond acceptors (Lipinski definition) is 23. The number of nitrogens with zero attached hydrogens (tertiary/aromatic N) is 3. The second-order valence-corrected chi connectivity index (χ2v) is 12.7. The zero-order valence-corrected chi connectivity index (χ0v) is 34.1. The lowest BCUT2D eigenvalue weighted by Crippen LogP contribution is -2.40. The maximum absolute atomic E-state index is 12.8. The van der Waals surface area contributed by atoms with Crippen LogP contribution in [0, 0.1) is 10.1 Å². The second kappa shape index (κ2) is 25.8. The molecule has 0 fully saturated rings. The Kier molecular flexibility index (Phi) is 20.6. The van der Waals surface area contributed by atoms with Crippen molar-refractivity contribution in [1.82, 2.24) is 9.80 Å². The van der Waals surface area contributed by atoms with Crippen LogP contribution in [-0.4, -0.2) is 149 Å². The van der Waals surface area contributed by atoms with Gasteiger partial charge in [-0.25, -0.2) is 0 Å². The van der Waals surface area contributed by atoms with Gasteiger partial charge in [-0.15, -0.1) is 0 Å². The molecule has 0 spiro atoms. The van der Waals surface area contributed by atoms with E-state index in [4.69, 9.17) is 32.8 Å². The van der Waals surface area contributed by atoms with Crippen molar-refractivity contribution < 1.29 is 95.1 Å². The molecule has 0 radical (unpaired) electrons. The molecule has 0 amide bonds. The monoisotopic (exact) mass is 879 g/mol. The smallest absolute Gasteiger partial charge is 0.323 e. The Morgan fingerprint density at radius 3 is 1.53 bits per heavy atom. The lowest BCUT2D eigenvalue weighted by Gasteiger charge is -2.26. The molecule has 0 N–H and O–H groups in total. The summed E-state index contributed by atoms with van der Waals surface area (Å²) in [5.41, 5.74) is 0.205. The van der Waals surface area contributed by atoms with Crippen molar-refractivity contribution in [2.24, 2.45) is 0 Å². The Morgan fingerprint density at radius 1 is 0.597 bits per heavy atom. The number of carbonyl (C=O) groups is 8. The summed E-state index contributed by atoms with van der Waals surface area (Å²) in [6.07, 6.45) is -1.28. The minimum Gasteiger partial charge on any atom is -0.456 e. The van der Waals surface area contributed by atoms with Crippen molar-refractivity contribution in [2.75, 3.05) is 86.3 Å². The molecule has 62 heavy (non-hydrogen) atoms. The predicted molar refractivity (Wildman–Crippen MR) is 204 cm³/mol. The first-order valence-corrected chi connectivity index (χ1v) is 18.4. The maximum atomic E-state index is 12.8. The standard InChI is InChI=1S/C38H45N3O21/c1-24(42)54-20-58-35(46)16-39(17-36(47)59-21-55-25(2)43)9-10-52-11-12-53-34(30-13-29-28-7-5-6-8-32(28)62-33(29)14-31(30)41(50)51)15-40(18-37(48)60-22-56-26(3)44)19-38(49)61-23-57-27(4)45/h5-8,13-14,34H,9-12,15-23H2,1-4H3. The van der Waals surface area contributed by atoms with E-state index < -0.39 is 124 Å². The maximum Gasteiger partial charge on any atom is 0.323 e. The van der Waals surface area contributed by atoms with E-state index in [0.29, 0.717) is 16.4 Å². The van der Waals surface area contributed by atoms with E-state index in [0.717, 1.165) is 27.7 Å². The third-order valence-electron chi connectivity index (χ3n) is 7.93. The molecular weight excluding hydrogens is 834 g/mol. The SMILES string of the molecule is CC(=O)OCOC(=O)CN(CCOCCOC(CN(CC(=O)OCOC(C)=O)CC(=O)OCOC(C)=O)c1cc2c(cc1[N+](=O)[O-])oc1ccccc12)CC(=O)OCOC(C)=O. The molecule has 0 saturated heterocycles. The van der Waals surface area contributed by atoms with Crippen LogP contribution in [0.1, 0.15) is 39.4 Å². The number of ether oxygens (including phenoxy) is 10. The van der Waals surface area contributed by atoms with Gasteiger partial charge in [-0.05, 0) is 12.1 Å². The lowest BCUT2D eigenvalue weighted by atomic mass is 10.0. The van der Waals surface area contributed by atoms with Gasteiger partial charge in [0.15, 0.2) is 0 Å². The van der Waals surface area contributed by atoms with E-state index in [1.54, 1.807) is 24.3 Å². The normalized spacial score (nSPS) is 11.5. The summed E-state index contributed by atoms with van der Waals surface area (Å²) in [4.78, 5) is 109. The van der Waals surface area contributed by atoms with E-state index in [1.807, 2.05) is 0 Å². The van der Waals surface area contributed by atoms with Crippen LogP contribution in [0.2, 0.25) is 0 Å². The molecule has 24 nitrogen and oxygen atoms in total. The zero-order chi connectivity index (χ0) is 45.6. The number of benzene rings is 2. The van der Waals surface area contributed by atoms with Crippen molar-refractivity contribution in [3.8, 4) is 0 Å². The van der Waals surface area contributed by atoms with Crippen LogP contribution in [0.15, 0.2) is 40.8 Å². The Morgan fingerprint density at radius 2 is 1.06 bits per heavy atom. The summed E-state index contributed by atoms with van der Waals surface area (Å²) in [5, 5.41) is 13.6. The molecule has 338 valence electrons. The Labute approximate surface area is 352 Å². The summed E-state index contributed by atoms with van der Waals surface area (Å²) < 4.78 is 55.7. The number of carbonyl (C=O) groups excluding carboxylic acids is 8. The summed E-state index contributed by atoms with van der Waals surface area (Å²) in [5.74, 6) is -6.55. The molecule has 1 atom stereocenters. The number of esters is 8. The molecule has 0 aliphatic rings. The number of nitro groups is 1. The molecule has 0 aliphatic heterocycles. The molecule has 1 aromatic heterocycles. The first-order chi connectivity index (χ1) is 29.5. The first-order valence-electron chi connectivity index (χ1n) is 18.4. The van der Waals surface area contributed by atoms with E-state index >= 15 is 0 Å². The highest BCUT2D eigenvalue weighted by molar-refractivity contribution is 6.05. The van der Waals surface area contributed by atoms with Gasteiger partial charge in [-0.3, -0.25) is 58.3 Å². The number of furan rings is 1. The van der Waals surface area contributed by atoms with Crippen LogP contribution in [0.4, 0.5) is 5.69 Å². The molecule has 3 aromatic rings. The number of fused-ring (bicyclic) bond motifs is 3. The average Bonchev–Trinajstić information content (AvgIpc) is 3.55. The topological polar surface area (TPSA) is 292 Å². The van der Waals surface area contributed by atoms with Crippen molar-refractivity contribution in [1.29, 1.82) is 0 Å². The van der Waals surface area contributed by atoms with Crippen LogP contribution < -0.4 is 0 Å². The highest BCUT2D eigenvalue weighted by atomic mass is 16.7. The zero-order valence-electron chi connectivity index (χ0n) is 34.1. The van der Waals surface area contributed by atoms with Gasteiger partial charge in [0.25, 0.3) is 5.69 Å². The van der Waals surface area contributed by atoms with Gasteiger partial charge >= 0.3 is 47.8 Å². The van der Waals surface area contributed by atoms with Crippen LogP contribution in [0.5, 0.6) is 0 Å². The number of para-hydroxylation sites is 1. The molecule has 2 aromatic carbocycles. The molecule has 0 aliphatic carbocycles. The van der Waals surface area contributed by atoms with Gasteiger partial charge in [0.05, 0.1) is 62.6 Å². The fraction of sp³-hybridized carbons (Fsp3) is 0.474. The lowest BCUT2D eigenvalue weighted by molar-refractivity contribution is -0.386. The van der Waals surface area contributed by atoms with Gasteiger partial charge in [0.2, 0.25) is 27.2 Å². The summed E-state index contributed by atoms with van der Waals surface area (Å²) in [7, 11) is 0. The van der Waals surface area contributed by atoms with Crippen LogP contribution in [0.25, 0.3) is 21.9 Å². The number of hydrogen-bond donors (Lipinski definition) is 0. The second-order valence-electron chi connectivity index (χ2n) is 12.7. The first kappa shape index (κ1) is 49.6. The Hall–Kier alpha value is -6.76. The minimum atomic E-state index is -1.28. The van der Waals surface area contributed by atoms with Crippen LogP contribution in [-0.2, 0) is 85.7 Å². The molecule has 1 unspecified atom stereocenters. The number of nitro benzene ring substituents is 1. The van der Waals surface area contributed by atoms with E-state index in [-0.39, 0.29) is 37.5 Å². The van der Waals surface area contributed by atoms with Gasteiger partial charge in [-0.2, -0.15) is 0 Å². The van der Waals surface area contributed by atoms with Crippen molar-refractivity contribution >= 4 is 75.4 Å². The van der Waals surface area contributed by atoms with Crippen LogP contribution in [0.3, 0.4) is 0 Å². The highest BCUT2D eigenvalue weighted by Gasteiger charge is 2.30. The van der Waals surface area contributed by atoms with Gasteiger partial charge in [0.1, 0.15) is 17.3 Å². The quantitative estimate of drug-likeness (QED) is 0.0261. The van der Waals surface area contributed by atoms with Crippen LogP contribution >= 0.6 is 0 Å². The molecular formula is C38H45N3O21. The molecule has 0 bridgehead atoms. The van der Waals surface area contributed by atoms with E-state index in [2.05, 4.69) is 18.9 Å². The fourth-order valence-corrected chi connectivity index (χ4v) is 5.24. The van der Waals surface area contributed by atoms with Crippen molar-refractivity contribution in [3.63, 3.8) is 0 Å². The molecule has 1 heterocycles. The summed E-state index contributed by atoms with van der Waals surface area (Å²) in [6.45, 7) is -1.74. The van der Waals surface area contributed by atoms with Gasteiger partial charge in [0, 0.05) is 51.6 Å². The average molecular weight is 880 g/mol. The third kappa shape index (κ3) is 18.2. The predicted octanol–water partition coefficient (Wildman–Crippen LogP) is 1.43. The fourth-order valence-electron chi connectivity index (χ4n) is 5.24. The highest BCUT2D eigenvalue weighted by Crippen LogP contribution is 2.37. The minimum absolute atomic E-state index is 0.00585. The van der Waals surface area contributed by atoms with Gasteiger partial charge in [-0.1, -0.05) is 18.2 Å². The van der Waals surface area contributed by atoms with E-state index in [1.165, 1.54) is 21.9 Å². The summed E-state index contributed by atoms with van der Waals surface area (Å²) in [6, 6.07) is 9.58. The van der Waals surface area contributed by atoms with Crippen molar-refractivity contribution in [3.05, 3.63) is 52.1 Å². The largest absolute Gasteiger partial charge is 0.456 e. The summed E-state index contributed by atoms with van der Waals surface area (Å²) >= 11 is 0. The Bertz CT molecular complexity index is 2000. The number of rotatable bonds is 27. The Balaban J connectivity index is 1.84. The van der Waals surface area contributed by atoms with Crippen molar-refractivity contribution in [2.45, 2.75) is 33.8 Å². The molecule has 24 heteroatoms. The van der Waals surface area contributed by atoms with E-state index in [9.17, 15) is 48.5 Å².